The van der Waals surface area contributed by atoms with Crippen molar-refractivity contribution >= 4 is 23.2 Å². The fourth-order valence-corrected chi connectivity index (χ4v) is 2.14. The highest BCUT2D eigenvalue weighted by molar-refractivity contribution is 6.39. The maximum atomic E-state index is 11.9. The number of non-ortho nitro benzene ring substituents is 1. The van der Waals surface area contributed by atoms with Crippen LogP contribution in [0.4, 0.5) is 11.4 Å². The van der Waals surface area contributed by atoms with E-state index < -0.39 is 16.7 Å². The molecule has 21 heavy (non-hydrogen) atoms. The molecular weight excluding hydrogens is 278 g/mol. The predicted octanol–water partition coefficient (Wildman–Crippen LogP) is 1.16. The highest BCUT2D eigenvalue weighted by Crippen LogP contribution is 2.29. The van der Waals surface area contributed by atoms with E-state index in [1.807, 2.05) is 0 Å². The van der Waals surface area contributed by atoms with Gasteiger partial charge < -0.3 is 15.0 Å². The molecule has 1 aromatic rings. The fraction of sp³-hybridized carbons (Fsp3) is 0.385. The second-order valence-corrected chi connectivity index (χ2v) is 4.60. The van der Waals surface area contributed by atoms with E-state index >= 15 is 0 Å². The first-order valence-electron chi connectivity index (χ1n) is 6.45. The summed E-state index contributed by atoms with van der Waals surface area (Å²) in [5.74, 6) is -1.25. The van der Waals surface area contributed by atoms with Gasteiger partial charge in [0.1, 0.15) is 5.75 Å². The molecule has 0 aromatic heterocycles. The summed E-state index contributed by atoms with van der Waals surface area (Å²) in [6.07, 6.45) is 1.78. The number of methoxy groups -OCH3 is 1. The molecule has 8 nitrogen and oxygen atoms in total. The van der Waals surface area contributed by atoms with E-state index in [9.17, 15) is 19.7 Å². The Balaban J connectivity index is 2.13. The number of nitrogens with one attached hydrogen (secondary N) is 1. The number of likely N-dealkylation sites (tertiary alicyclic amines) is 1. The minimum atomic E-state index is -0.774. The summed E-state index contributed by atoms with van der Waals surface area (Å²) in [6, 6.07) is 3.76. The van der Waals surface area contributed by atoms with E-state index in [0.29, 0.717) is 13.1 Å². The standard InChI is InChI=1S/C13H15N3O5/c1-21-11-8-9(16(19)20)4-5-10(11)14-12(17)13(18)15-6-2-3-7-15/h4-5,8H,2-3,6-7H2,1H3,(H,14,17). The first kappa shape index (κ1) is 14.8. The monoisotopic (exact) mass is 293 g/mol. The number of nitro benzene ring substituents is 1. The maximum Gasteiger partial charge on any atom is 0.314 e. The minimum Gasteiger partial charge on any atom is -0.494 e. The second kappa shape index (κ2) is 6.21. The molecule has 1 fully saturated rings. The van der Waals surface area contributed by atoms with E-state index in [2.05, 4.69) is 5.32 Å². The molecule has 0 atom stereocenters. The van der Waals surface area contributed by atoms with Crippen LogP contribution in [-0.4, -0.2) is 41.8 Å². The number of anilines is 1. The summed E-state index contributed by atoms with van der Waals surface area (Å²) < 4.78 is 5.00. The summed E-state index contributed by atoms with van der Waals surface area (Å²) in [5, 5.41) is 13.1. The van der Waals surface area contributed by atoms with Crippen LogP contribution in [0.2, 0.25) is 0 Å². The van der Waals surface area contributed by atoms with Gasteiger partial charge in [-0.25, -0.2) is 0 Å². The summed E-state index contributed by atoms with van der Waals surface area (Å²) in [6.45, 7) is 1.15. The molecule has 1 heterocycles. The van der Waals surface area contributed by atoms with Gasteiger partial charge in [-0.3, -0.25) is 19.7 Å². The highest BCUT2D eigenvalue weighted by Gasteiger charge is 2.25. The van der Waals surface area contributed by atoms with Crippen LogP contribution in [0.5, 0.6) is 5.75 Å². The van der Waals surface area contributed by atoms with Crippen molar-refractivity contribution in [3.8, 4) is 5.75 Å². The van der Waals surface area contributed by atoms with Gasteiger partial charge in [0.05, 0.1) is 23.8 Å². The Morgan fingerprint density at radius 1 is 1.33 bits per heavy atom. The average Bonchev–Trinajstić information content (AvgIpc) is 3.00. The topological polar surface area (TPSA) is 102 Å². The lowest BCUT2D eigenvalue weighted by atomic mass is 10.2. The summed E-state index contributed by atoms with van der Waals surface area (Å²) in [7, 11) is 1.33. The Bertz CT molecular complexity index is 581. The number of carbonyl (C=O) groups is 2. The lowest BCUT2D eigenvalue weighted by Gasteiger charge is -2.15. The Labute approximate surface area is 120 Å². The molecule has 1 aromatic carbocycles. The molecule has 2 amide bonds. The SMILES string of the molecule is COc1cc([N+](=O)[O-])ccc1NC(=O)C(=O)N1CCCC1. The fourth-order valence-electron chi connectivity index (χ4n) is 2.14. The minimum absolute atomic E-state index is 0.131. The zero-order chi connectivity index (χ0) is 15.4. The smallest absolute Gasteiger partial charge is 0.314 e. The van der Waals surface area contributed by atoms with Crippen LogP contribution in [0.15, 0.2) is 18.2 Å². The van der Waals surface area contributed by atoms with Gasteiger partial charge in [-0.1, -0.05) is 0 Å². The Hall–Kier alpha value is -2.64. The third kappa shape index (κ3) is 3.28. The van der Waals surface area contributed by atoms with Crippen LogP contribution in [0, 0.1) is 10.1 Å². The number of nitro groups is 1. The number of benzene rings is 1. The predicted molar refractivity (Wildman–Crippen MR) is 74.1 cm³/mol. The highest BCUT2D eigenvalue weighted by atomic mass is 16.6. The Morgan fingerprint density at radius 3 is 2.57 bits per heavy atom. The third-order valence-electron chi connectivity index (χ3n) is 3.23. The molecule has 1 saturated heterocycles. The van der Waals surface area contributed by atoms with Crippen LogP contribution < -0.4 is 10.1 Å². The van der Waals surface area contributed by atoms with E-state index in [4.69, 9.17) is 4.74 Å². The third-order valence-corrected chi connectivity index (χ3v) is 3.23. The number of hydrogen-bond donors (Lipinski definition) is 1. The van der Waals surface area contributed by atoms with E-state index in [1.165, 1.54) is 30.2 Å². The number of carbonyl (C=O) groups excluding carboxylic acids is 2. The van der Waals surface area contributed by atoms with Gasteiger partial charge in [0, 0.05) is 19.2 Å². The van der Waals surface area contributed by atoms with Gasteiger partial charge in [-0.15, -0.1) is 0 Å². The molecule has 8 heteroatoms. The molecule has 0 spiro atoms. The van der Waals surface area contributed by atoms with Crippen molar-refractivity contribution in [2.75, 3.05) is 25.5 Å². The van der Waals surface area contributed by atoms with Gasteiger partial charge in [-0.05, 0) is 18.9 Å². The normalized spacial score (nSPS) is 13.9. The van der Waals surface area contributed by atoms with Crippen LogP contribution in [0.25, 0.3) is 0 Å². The number of nitrogens with zero attached hydrogens (tertiary/aromatic N) is 2. The molecular formula is C13H15N3O5. The average molecular weight is 293 g/mol. The van der Waals surface area contributed by atoms with Gasteiger partial charge in [0.25, 0.3) is 5.69 Å². The van der Waals surface area contributed by atoms with Crippen molar-refractivity contribution in [3.05, 3.63) is 28.3 Å². The Morgan fingerprint density at radius 2 is 2.00 bits per heavy atom. The molecule has 1 N–H and O–H groups in total. The zero-order valence-corrected chi connectivity index (χ0v) is 11.5. The van der Waals surface area contributed by atoms with Crippen molar-refractivity contribution < 1.29 is 19.2 Å². The zero-order valence-electron chi connectivity index (χ0n) is 11.5. The molecule has 2 rings (SSSR count). The molecule has 1 aliphatic rings. The molecule has 112 valence electrons. The largest absolute Gasteiger partial charge is 0.494 e. The molecule has 0 radical (unpaired) electrons. The molecule has 0 saturated carbocycles. The second-order valence-electron chi connectivity index (χ2n) is 4.60. The van der Waals surface area contributed by atoms with Crippen molar-refractivity contribution in [3.63, 3.8) is 0 Å². The van der Waals surface area contributed by atoms with Gasteiger partial charge in [0.2, 0.25) is 0 Å². The lowest BCUT2D eigenvalue weighted by Crippen LogP contribution is -2.37. The summed E-state index contributed by atoms with van der Waals surface area (Å²) in [4.78, 5) is 35.4. The van der Waals surface area contributed by atoms with Crippen LogP contribution in [-0.2, 0) is 9.59 Å². The van der Waals surface area contributed by atoms with Crippen molar-refractivity contribution in [1.29, 1.82) is 0 Å². The van der Waals surface area contributed by atoms with Crippen LogP contribution in [0.1, 0.15) is 12.8 Å². The van der Waals surface area contributed by atoms with Crippen LogP contribution in [0.3, 0.4) is 0 Å². The molecule has 1 aliphatic heterocycles. The maximum absolute atomic E-state index is 11.9. The number of amides is 2. The number of hydrogen-bond acceptors (Lipinski definition) is 5. The lowest BCUT2D eigenvalue weighted by molar-refractivity contribution is -0.384. The quantitative estimate of drug-likeness (QED) is 0.512. The summed E-state index contributed by atoms with van der Waals surface area (Å²) >= 11 is 0. The number of ether oxygens (including phenoxy) is 1. The van der Waals surface area contributed by atoms with Crippen molar-refractivity contribution in [2.24, 2.45) is 0 Å². The number of rotatable bonds is 3. The van der Waals surface area contributed by atoms with E-state index in [0.717, 1.165) is 12.8 Å². The Kier molecular flexibility index (Phi) is 4.36. The first-order chi connectivity index (χ1) is 10.0. The van der Waals surface area contributed by atoms with Gasteiger partial charge in [-0.2, -0.15) is 0 Å². The molecule has 0 unspecified atom stereocenters. The van der Waals surface area contributed by atoms with Crippen molar-refractivity contribution in [2.45, 2.75) is 12.8 Å². The van der Waals surface area contributed by atoms with Crippen molar-refractivity contribution in [1.82, 2.24) is 4.90 Å². The van der Waals surface area contributed by atoms with E-state index in [-0.39, 0.29) is 17.1 Å². The molecule has 0 aliphatic carbocycles. The summed E-state index contributed by atoms with van der Waals surface area (Å²) in [5.41, 5.74) is 0.0661. The van der Waals surface area contributed by atoms with Gasteiger partial charge >= 0.3 is 11.8 Å². The van der Waals surface area contributed by atoms with Crippen LogP contribution >= 0.6 is 0 Å². The van der Waals surface area contributed by atoms with Gasteiger partial charge in [0.15, 0.2) is 0 Å². The molecule has 0 bridgehead atoms. The van der Waals surface area contributed by atoms with E-state index in [1.54, 1.807) is 0 Å². The first-order valence-corrected chi connectivity index (χ1v) is 6.45.